The van der Waals surface area contributed by atoms with Crippen molar-refractivity contribution < 1.29 is 10.0 Å². The van der Waals surface area contributed by atoms with Gasteiger partial charge in [-0.15, -0.1) is 0 Å². The molecule has 0 saturated heterocycles. The lowest BCUT2D eigenvalue weighted by Crippen LogP contribution is -1.99. The molecule has 0 unspecified atom stereocenters. The quantitative estimate of drug-likeness (QED) is 0.656. The minimum atomic E-state index is -0.460. The van der Waals surface area contributed by atoms with Crippen LogP contribution in [0.2, 0.25) is 0 Å². The van der Waals surface area contributed by atoms with Crippen LogP contribution in [-0.4, -0.2) is 10.0 Å². The minimum Gasteiger partial charge on any atom is -0.507 e. The number of anilines is 1. The highest BCUT2D eigenvalue weighted by Crippen LogP contribution is 2.27. The number of hydrogen-bond donors (Lipinski definition) is 2. The smallest absolute Gasteiger partial charge is 0.271 e. The van der Waals surface area contributed by atoms with Crippen LogP contribution in [0, 0.1) is 17.0 Å². The van der Waals surface area contributed by atoms with E-state index in [0.29, 0.717) is 16.9 Å². The summed E-state index contributed by atoms with van der Waals surface area (Å²) in [6, 6.07) is 11.3. The third-order valence-corrected chi connectivity index (χ3v) is 2.83. The Balaban J connectivity index is 2.25. The SMILES string of the molecule is C=C(Nc1cccc([N+](=O)[O-])c1)c1cc(C)ccc1O. The molecule has 2 aromatic rings. The lowest BCUT2D eigenvalue weighted by molar-refractivity contribution is -0.384. The molecule has 5 nitrogen and oxygen atoms in total. The lowest BCUT2D eigenvalue weighted by atomic mass is 10.1. The number of benzene rings is 2. The van der Waals surface area contributed by atoms with E-state index in [4.69, 9.17) is 0 Å². The zero-order valence-electron chi connectivity index (χ0n) is 11.0. The summed E-state index contributed by atoms with van der Waals surface area (Å²) >= 11 is 0. The summed E-state index contributed by atoms with van der Waals surface area (Å²) in [4.78, 5) is 10.3. The Hall–Kier alpha value is -2.82. The molecule has 0 spiro atoms. The van der Waals surface area contributed by atoms with Crippen molar-refractivity contribution in [2.24, 2.45) is 0 Å². The highest BCUT2D eigenvalue weighted by Gasteiger charge is 2.09. The van der Waals surface area contributed by atoms with Crippen LogP contribution in [0.3, 0.4) is 0 Å². The molecular formula is C15H14N2O3. The van der Waals surface area contributed by atoms with E-state index >= 15 is 0 Å². The van der Waals surface area contributed by atoms with Crippen molar-refractivity contribution >= 4 is 17.1 Å². The molecule has 0 aliphatic heterocycles. The van der Waals surface area contributed by atoms with Crippen LogP contribution in [0.25, 0.3) is 5.70 Å². The number of non-ortho nitro benzene ring substituents is 1. The number of phenols is 1. The van der Waals surface area contributed by atoms with Crippen molar-refractivity contribution in [3.8, 4) is 5.75 Å². The van der Waals surface area contributed by atoms with Crippen molar-refractivity contribution in [2.45, 2.75) is 6.92 Å². The molecule has 0 aliphatic rings. The maximum absolute atomic E-state index is 10.7. The van der Waals surface area contributed by atoms with Crippen molar-refractivity contribution in [2.75, 3.05) is 5.32 Å². The van der Waals surface area contributed by atoms with Gasteiger partial charge in [-0.1, -0.05) is 24.3 Å². The first-order valence-corrected chi connectivity index (χ1v) is 5.98. The maximum atomic E-state index is 10.7. The Morgan fingerprint density at radius 1 is 1.30 bits per heavy atom. The van der Waals surface area contributed by atoms with Crippen LogP contribution in [0.1, 0.15) is 11.1 Å². The van der Waals surface area contributed by atoms with Gasteiger partial charge in [-0.25, -0.2) is 0 Å². The average Bonchev–Trinajstić information content (AvgIpc) is 2.41. The normalized spacial score (nSPS) is 10.1. The first-order valence-electron chi connectivity index (χ1n) is 5.98. The number of hydrogen-bond acceptors (Lipinski definition) is 4. The first-order chi connectivity index (χ1) is 9.47. The van der Waals surface area contributed by atoms with Crippen LogP contribution in [0.15, 0.2) is 49.0 Å². The third kappa shape index (κ3) is 2.95. The fraction of sp³-hybridized carbons (Fsp3) is 0.0667. The van der Waals surface area contributed by atoms with Crippen LogP contribution in [0.5, 0.6) is 5.75 Å². The molecule has 0 atom stereocenters. The molecule has 2 rings (SSSR count). The molecule has 0 fully saturated rings. The number of rotatable bonds is 4. The second kappa shape index (κ2) is 5.44. The Morgan fingerprint density at radius 3 is 2.75 bits per heavy atom. The summed E-state index contributed by atoms with van der Waals surface area (Å²) in [5.74, 6) is 0.110. The molecular weight excluding hydrogens is 256 g/mol. The fourth-order valence-corrected chi connectivity index (χ4v) is 1.83. The van der Waals surface area contributed by atoms with Gasteiger partial charge in [-0.2, -0.15) is 0 Å². The molecule has 0 aromatic heterocycles. The average molecular weight is 270 g/mol. The molecule has 5 heteroatoms. The van der Waals surface area contributed by atoms with Gasteiger partial charge in [0.25, 0.3) is 5.69 Å². The fourth-order valence-electron chi connectivity index (χ4n) is 1.83. The maximum Gasteiger partial charge on any atom is 0.271 e. The topological polar surface area (TPSA) is 75.4 Å². The second-order valence-electron chi connectivity index (χ2n) is 4.43. The summed E-state index contributed by atoms with van der Waals surface area (Å²) in [5, 5.41) is 23.5. The van der Waals surface area contributed by atoms with Gasteiger partial charge >= 0.3 is 0 Å². The Labute approximate surface area is 116 Å². The minimum absolute atomic E-state index is 0.00346. The molecule has 0 radical (unpaired) electrons. The van der Waals surface area contributed by atoms with Gasteiger partial charge in [0.1, 0.15) is 5.75 Å². The Morgan fingerprint density at radius 2 is 2.05 bits per heavy atom. The molecule has 0 saturated carbocycles. The van der Waals surface area contributed by atoms with E-state index in [1.54, 1.807) is 30.3 Å². The van der Waals surface area contributed by atoms with Crippen LogP contribution in [0.4, 0.5) is 11.4 Å². The largest absolute Gasteiger partial charge is 0.507 e. The summed E-state index contributed by atoms with van der Waals surface area (Å²) < 4.78 is 0. The zero-order chi connectivity index (χ0) is 14.7. The predicted molar refractivity (Wildman–Crippen MR) is 78.6 cm³/mol. The second-order valence-corrected chi connectivity index (χ2v) is 4.43. The van der Waals surface area contributed by atoms with Gasteiger partial charge in [0.05, 0.1) is 4.92 Å². The van der Waals surface area contributed by atoms with E-state index in [1.807, 2.05) is 6.92 Å². The van der Waals surface area contributed by atoms with Gasteiger partial charge in [0.15, 0.2) is 0 Å². The van der Waals surface area contributed by atoms with Crippen molar-refractivity contribution in [3.63, 3.8) is 0 Å². The van der Waals surface area contributed by atoms with E-state index < -0.39 is 4.92 Å². The highest BCUT2D eigenvalue weighted by molar-refractivity contribution is 5.79. The number of nitro benzene ring substituents is 1. The number of aryl methyl sites for hydroxylation is 1. The van der Waals surface area contributed by atoms with E-state index in [9.17, 15) is 15.2 Å². The summed E-state index contributed by atoms with van der Waals surface area (Å²) in [5.41, 5.74) is 2.57. The molecule has 0 heterocycles. The van der Waals surface area contributed by atoms with Crippen LogP contribution < -0.4 is 5.32 Å². The van der Waals surface area contributed by atoms with Crippen LogP contribution in [-0.2, 0) is 0 Å². The third-order valence-electron chi connectivity index (χ3n) is 2.83. The molecule has 2 aromatic carbocycles. The summed E-state index contributed by atoms with van der Waals surface area (Å²) in [6.45, 7) is 5.76. The Kier molecular flexibility index (Phi) is 3.70. The van der Waals surface area contributed by atoms with Gasteiger partial charge in [0, 0.05) is 29.1 Å². The van der Waals surface area contributed by atoms with E-state index in [-0.39, 0.29) is 11.4 Å². The molecule has 102 valence electrons. The number of nitrogens with zero attached hydrogens (tertiary/aromatic N) is 1. The number of aromatic hydroxyl groups is 1. The lowest BCUT2D eigenvalue weighted by Gasteiger charge is -2.12. The molecule has 2 N–H and O–H groups in total. The zero-order valence-corrected chi connectivity index (χ0v) is 11.0. The molecule has 20 heavy (non-hydrogen) atoms. The van der Waals surface area contributed by atoms with Gasteiger partial charge in [-0.3, -0.25) is 10.1 Å². The molecule has 0 aliphatic carbocycles. The number of nitro groups is 1. The highest BCUT2D eigenvalue weighted by atomic mass is 16.6. The standard InChI is InChI=1S/C15H14N2O3/c1-10-6-7-15(18)14(8-10)11(2)16-12-4-3-5-13(9-12)17(19)20/h3-9,16,18H,2H2,1H3. The predicted octanol–water partition coefficient (Wildman–Crippen LogP) is 3.69. The monoisotopic (exact) mass is 270 g/mol. The van der Waals surface area contributed by atoms with E-state index in [1.165, 1.54) is 12.1 Å². The van der Waals surface area contributed by atoms with Crippen molar-refractivity contribution in [1.29, 1.82) is 0 Å². The number of phenolic OH excluding ortho intramolecular Hbond substituents is 1. The molecule has 0 bridgehead atoms. The van der Waals surface area contributed by atoms with Gasteiger partial charge < -0.3 is 10.4 Å². The van der Waals surface area contributed by atoms with Crippen molar-refractivity contribution in [3.05, 3.63) is 70.3 Å². The van der Waals surface area contributed by atoms with Gasteiger partial charge in [-0.05, 0) is 25.1 Å². The Bertz CT molecular complexity index is 681. The van der Waals surface area contributed by atoms with Crippen LogP contribution >= 0.6 is 0 Å². The summed E-state index contributed by atoms with van der Waals surface area (Å²) in [7, 11) is 0. The van der Waals surface area contributed by atoms with Gasteiger partial charge in [0.2, 0.25) is 0 Å². The van der Waals surface area contributed by atoms with E-state index in [2.05, 4.69) is 11.9 Å². The first kappa shape index (κ1) is 13.6. The summed E-state index contributed by atoms with van der Waals surface area (Å²) in [6.07, 6.45) is 0. The molecule has 0 amide bonds. The van der Waals surface area contributed by atoms with E-state index in [0.717, 1.165) is 5.56 Å². The van der Waals surface area contributed by atoms with Crippen molar-refractivity contribution in [1.82, 2.24) is 0 Å². The number of nitrogens with one attached hydrogen (secondary N) is 1.